The lowest BCUT2D eigenvalue weighted by molar-refractivity contribution is 1.21. The summed E-state index contributed by atoms with van der Waals surface area (Å²) < 4.78 is 0.955. The van der Waals surface area contributed by atoms with Crippen molar-refractivity contribution in [3.63, 3.8) is 0 Å². The predicted octanol–water partition coefficient (Wildman–Crippen LogP) is 3.80. The van der Waals surface area contributed by atoms with E-state index in [0.717, 1.165) is 20.9 Å². The number of hydrogen-bond acceptors (Lipinski definition) is 2. The van der Waals surface area contributed by atoms with Crippen LogP contribution in [0.15, 0.2) is 34.9 Å². The Morgan fingerprint density at radius 1 is 1.40 bits per heavy atom. The number of nitriles is 1. The fraction of sp³-hybridized carbons (Fsp3) is 0.0909. The van der Waals surface area contributed by atoms with Crippen LogP contribution >= 0.6 is 27.5 Å². The molecule has 0 aliphatic heterocycles. The zero-order valence-electron chi connectivity index (χ0n) is 7.61. The fourth-order valence-corrected chi connectivity index (χ4v) is 2.06. The quantitative estimate of drug-likeness (QED) is 0.746. The summed E-state index contributed by atoms with van der Waals surface area (Å²) in [6, 6.07) is 9.50. The van der Waals surface area contributed by atoms with Gasteiger partial charge in [-0.05, 0) is 12.1 Å². The molecule has 2 rings (SSSR count). The highest BCUT2D eigenvalue weighted by Crippen LogP contribution is 2.30. The van der Waals surface area contributed by atoms with Gasteiger partial charge in [0.2, 0.25) is 0 Å². The summed E-state index contributed by atoms with van der Waals surface area (Å²) in [4.78, 5) is 4.25. The molecule has 0 radical (unpaired) electrons. The second-order valence-corrected chi connectivity index (χ2v) is 4.32. The minimum Gasteiger partial charge on any atom is -0.256 e. The lowest BCUT2D eigenvalue weighted by atomic mass is 10.1. The van der Waals surface area contributed by atoms with Crippen LogP contribution in [-0.4, -0.2) is 4.98 Å². The molecule has 2 nitrogen and oxygen atoms in total. The highest BCUT2D eigenvalue weighted by Gasteiger charge is 2.12. The molecule has 0 aliphatic rings. The third-order valence-corrected chi connectivity index (χ3v) is 3.16. The summed E-state index contributed by atoms with van der Waals surface area (Å²) in [5.41, 5.74) is 1.52. The first kappa shape index (κ1) is 10.4. The normalized spacial score (nSPS) is 12.3. The van der Waals surface area contributed by atoms with Crippen molar-refractivity contribution in [1.82, 2.24) is 4.98 Å². The van der Waals surface area contributed by atoms with Gasteiger partial charge in [-0.15, -0.1) is 11.6 Å². The summed E-state index contributed by atoms with van der Waals surface area (Å²) in [6.45, 7) is 0. The van der Waals surface area contributed by atoms with E-state index in [1.165, 1.54) is 0 Å². The molecule has 1 aromatic carbocycles. The molecular formula is C11H6BrClN2. The van der Waals surface area contributed by atoms with Crippen molar-refractivity contribution in [3.8, 4) is 6.07 Å². The van der Waals surface area contributed by atoms with Gasteiger partial charge in [0, 0.05) is 21.6 Å². The van der Waals surface area contributed by atoms with Crippen molar-refractivity contribution in [1.29, 1.82) is 5.26 Å². The van der Waals surface area contributed by atoms with Crippen molar-refractivity contribution in [2.24, 2.45) is 0 Å². The number of fused-ring (bicyclic) bond motifs is 1. The van der Waals surface area contributed by atoms with Crippen LogP contribution < -0.4 is 0 Å². The Kier molecular flexibility index (Phi) is 2.90. The highest BCUT2D eigenvalue weighted by atomic mass is 79.9. The molecule has 4 heteroatoms. The topological polar surface area (TPSA) is 36.7 Å². The van der Waals surface area contributed by atoms with Crippen molar-refractivity contribution >= 4 is 38.4 Å². The second-order valence-electron chi connectivity index (χ2n) is 3.03. The van der Waals surface area contributed by atoms with E-state index in [1.54, 1.807) is 6.20 Å². The van der Waals surface area contributed by atoms with Crippen LogP contribution in [0.4, 0.5) is 0 Å². The van der Waals surface area contributed by atoms with Crippen LogP contribution in [0, 0.1) is 11.3 Å². The van der Waals surface area contributed by atoms with Crippen LogP contribution in [-0.2, 0) is 0 Å². The second kappa shape index (κ2) is 4.18. The van der Waals surface area contributed by atoms with E-state index in [0.29, 0.717) is 0 Å². The van der Waals surface area contributed by atoms with Crippen LogP contribution in [0.5, 0.6) is 0 Å². The number of alkyl halides is 1. The lowest BCUT2D eigenvalue weighted by Crippen LogP contribution is -1.91. The van der Waals surface area contributed by atoms with Crippen LogP contribution in [0.1, 0.15) is 10.9 Å². The molecule has 1 atom stereocenters. The first-order chi connectivity index (χ1) is 7.24. The number of halogens is 2. The van der Waals surface area contributed by atoms with E-state index >= 15 is 0 Å². The van der Waals surface area contributed by atoms with Gasteiger partial charge in [-0.3, -0.25) is 4.98 Å². The molecule has 0 amide bonds. The van der Waals surface area contributed by atoms with Crippen molar-refractivity contribution in [3.05, 3.63) is 40.5 Å². The molecule has 74 valence electrons. The summed E-state index contributed by atoms with van der Waals surface area (Å²) in [5.74, 6) is 0. The van der Waals surface area contributed by atoms with E-state index in [-0.39, 0.29) is 0 Å². The Labute approximate surface area is 101 Å². The fourth-order valence-electron chi connectivity index (χ4n) is 1.43. The molecule has 0 bridgehead atoms. The maximum absolute atomic E-state index is 8.80. The third kappa shape index (κ3) is 1.83. The van der Waals surface area contributed by atoms with Crippen molar-refractivity contribution in [2.75, 3.05) is 0 Å². The Morgan fingerprint density at radius 3 is 2.93 bits per heavy atom. The Balaban J connectivity index is 2.78. The van der Waals surface area contributed by atoms with Gasteiger partial charge in [-0.2, -0.15) is 5.26 Å². The van der Waals surface area contributed by atoms with Gasteiger partial charge in [0.1, 0.15) is 5.38 Å². The number of nitrogens with zero attached hydrogens (tertiary/aromatic N) is 2. The maximum Gasteiger partial charge on any atom is 0.147 e. The van der Waals surface area contributed by atoms with Crippen molar-refractivity contribution in [2.45, 2.75) is 5.38 Å². The molecule has 0 spiro atoms. The minimum atomic E-state index is -0.657. The Morgan fingerprint density at radius 2 is 2.20 bits per heavy atom. The third-order valence-electron chi connectivity index (χ3n) is 2.13. The van der Waals surface area contributed by atoms with Gasteiger partial charge >= 0.3 is 0 Å². The summed E-state index contributed by atoms with van der Waals surface area (Å²) in [6.07, 6.45) is 1.69. The minimum absolute atomic E-state index is 0.657. The summed E-state index contributed by atoms with van der Waals surface area (Å²) in [7, 11) is 0. The maximum atomic E-state index is 8.80. The number of hydrogen-bond donors (Lipinski definition) is 0. The average Bonchev–Trinajstić information content (AvgIpc) is 2.29. The van der Waals surface area contributed by atoms with E-state index in [2.05, 4.69) is 20.9 Å². The van der Waals surface area contributed by atoms with Gasteiger partial charge in [-0.25, -0.2) is 0 Å². The van der Waals surface area contributed by atoms with Gasteiger partial charge < -0.3 is 0 Å². The monoisotopic (exact) mass is 280 g/mol. The van der Waals surface area contributed by atoms with Gasteiger partial charge in [-0.1, -0.05) is 28.1 Å². The highest BCUT2D eigenvalue weighted by molar-refractivity contribution is 9.10. The number of benzene rings is 1. The SMILES string of the molecule is N#CC(Cl)c1ccc(Br)c2cccnc12. The summed E-state index contributed by atoms with van der Waals surface area (Å²) in [5, 5.41) is 9.11. The molecule has 1 heterocycles. The molecule has 0 fully saturated rings. The molecule has 15 heavy (non-hydrogen) atoms. The number of pyridine rings is 1. The standard InChI is InChI=1S/C11H6BrClN2/c12-9-4-3-8(10(13)6-14)11-7(9)2-1-5-15-11/h1-5,10H. The zero-order chi connectivity index (χ0) is 10.8. The molecule has 1 aromatic heterocycles. The summed E-state index contributed by atoms with van der Waals surface area (Å²) >= 11 is 9.34. The van der Waals surface area contributed by atoms with E-state index in [9.17, 15) is 0 Å². The van der Waals surface area contributed by atoms with Crippen LogP contribution in [0.2, 0.25) is 0 Å². The molecule has 0 aliphatic carbocycles. The number of aromatic nitrogens is 1. The van der Waals surface area contributed by atoms with Gasteiger partial charge in [0.15, 0.2) is 0 Å². The van der Waals surface area contributed by atoms with Crippen molar-refractivity contribution < 1.29 is 0 Å². The molecule has 0 saturated carbocycles. The number of rotatable bonds is 1. The first-order valence-corrected chi connectivity index (χ1v) is 5.54. The molecular weight excluding hydrogens is 275 g/mol. The average molecular weight is 282 g/mol. The molecule has 2 aromatic rings. The smallest absolute Gasteiger partial charge is 0.147 e. The van der Waals surface area contributed by atoms with Gasteiger partial charge in [0.25, 0.3) is 0 Å². The molecule has 0 saturated heterocycles. The predicted molar refractivity (Wildman–Crippen MR) is 63.7 cm³/mol. The largest absolute Gasteiger partial charge is 0.256 e. The zero-order valence-corrected chi connectivity index (χ0v) is 9.96. The van der Waals surface area contributed by atoms with Crippen LogP contribution in [0.3, 0.4) is 0 Å². The molecule has 0 N–H and O–H groups in total. The Bertz CT molecular complexity index is 548. The van der Waals surface area contributed by atoms with E-state index < -0.39 is 5.38 Å². The lowest BCUT2D eigenvalue weighted by Gasteiger charge is -2.06. The molecule has 1 unspecified atom stereocenters. The van der Waals surface area contributed by atoms with E-state index in [1.807, 2.05) is 30.3 Å². The van der Waals surface area contributed by atoms with Gasteiger partial charge in [0.05, 0.1) is 11.6 Å². The Hall–Kier alpha value is -1.11. The van der Waals surface area contributed by atoms with Crippen LogP contribution in [0.25, 0.3) is 10.9 Å². The van der Waals surface area contributed by atoms with E-state index in [4.69, 9.17) is 16.9 Å². The first-order valence-electron chi connectivity index (χ1n) is 4.31.